The van der Waals surface area contributed by atoms with Gasteiger partial charge in [-0.25, -0.2) is 0 Å². The van der Waals surface area contributed by atoms with E-state index in [-0.39, 0.29) is 5.70 Å². The van der Waals surface area contributed by atoms with Crippen LogP contribution in [0.1, 0.15) is 15.9 Å². The topological polar surface area (TPSA) is 76.7 Å². The second kappa shape index (κ2) is 11.7. The number of amides is 2. The number of benzene rings is 3. The van der Waals surface area contributed by atoms with Crippen molar-refractivity contribution in [2.24, 2.45) is 0 Å². The van der Waals surface area contributed by atoms with Gasteiger partial charge in [0.05, 0.1) is 6.61 Å². The first-order valence-electron chi connectivity index (χ1n) is 9.94. The Kier molecular flexibility index (Phi) is 8.43. The second-order valence-corrected chi connectivity index (χ2v) is 7.19. The maximum absolute atomic E-state index is 12.7. The van der Waals surface area contributed by atoms with Crippen LogP contribution < -0.4 is 15.4 Å². The Morgan fingerprint density at radius 3 is 2.38 bits per heavy atom. The maximum Gasteiger partial charge on any atom is 0.267 e. The lowest BCUT2D eigenvalue weighted by Gasteiger charge is -2.12. The van der Waals surface area contributed by atoms with Gasteiger partial charge in [0, 0.05) is 24.2 Å². The van der Waals surface area contributed by atoms with Crippen molar-refractivity contribution in [3.8, 4) is 11.5 Å². The largest absolute Gasteiger partial charge is 0.457 e. The quantitative estimate of drug-likeness (QED) is 0.367. The van der Waals surface area contributed by atoms with E-state index in [2.05, 4.69) is 10.6 Å². The first-order chi connectivity index (χ1) is 15.5. The molecule has 0 heterocycles. The molecule has 32 heavy (non-hydrogen) atoms. The van der Waals surface area contributed by atoms with Gasteiger partial charge in [0.15, 0.2) is 0 Å². The van der Waals surface area contributed by atoms with Gasteiger partial charge >= 0.3 is 0 Å². The molecule has 0 unspecified atom stereocenters. The number of ether oxygens (including phenoxy) is 2. The van der Waals surface area contributed by atoms with Crippen LogP contribution in [-0.2, 0) is 9.53 Å². The molecule has 2 amide bonds. The molecule has 0 bridgehead atoms. The number of hydrogen-bond acceptors (Lipinski definition) is 4. The Morgan fingerprint density at radius 1 is 0.938 bits per heavy atom. The van der Waals surface area contributed by atoms with Gasteiger partial charge in [-0.3, -0.25) is 9.59 Å². The fourth-order valence-corrected chi connectivity index (χ4v) is 2.90. The number of carbonyl (C=O) groups excluding carboxylic acids is 2. The maximum atomic E-state index is 12.7. The average Bonchev–Trinajstić information content (AvgIpc) is 2.80. The molecule has 7 heteroatoms. The van der Waals surface area contributed by atoms with Gasteiger partial charge in [0.25, 0.3) is 11.8 Å². The molecule has 0 aliphatic carbocycles. The molecule has 0 saturated heterocycles. The summed E-state index contributed by atoms with van der Waals surface area (Å²) in [7, 11) is 1.55. The smallest absolute Gasteiger partial charge is 0.267 e. The minimum Gasteiger partial charge on any atom is -0.457 e. The van der Waals surface area contributed by atoms with Crippen LogP contribution in [0.3, 0.4) is 0 Å². The summed E-state index contributed by atoms with van der Waals surface area (Å²) < 4.78 is 10.8. The van der Waals surface area contributed by atoms with E-state index in [9.17, 15) is 9.59 Å². The first-order valence-corrected chi connectivity index (χ1v) is 10.3. The average molecular weight is 451 g/mol. The van der Waals surface area contributed by atoms with Crippen LogP contribution in [0.2, 0.25) is 5.02 Å². The van der Waals surface area contributed by atoms with Crippen LogP contribution >= 0.6 is 11.6 Å². The number of carbonyl (C=O) groups is 2. The van der Waals surface area contributed by atoms with Crippen molar-refractivity contribution in [3.63, 3.8) is 0 Å². The normalized spacial score (nSPS) is 11.0. The Labute approximate surface area is 191 Å². The molecule has 0 atom stereocenters. The van der Waals surface area contributed by atoms with E-state index in [1.165, 1.54) is 0 Å². The summed E-state index contributed by atoms with van der Waals surface area (Å²) in [6.07, 6.45) is 1.59. The van der Waals surface area contributed by atoms with Gasteiger partial charge in [0.2, 0.25) is 0 Å². The lowest BCUT2D eigenvalue weighted by atomic mass is 10.1. The zero-order valence-corrected chi connectivity index (χ0v) is 18.3. The Balaban J connectivity index is 1.83. The van der Waals surface area contributed by atoms with Crippen molar-refractivity contribution < 1.29 is 19.1 Å². The van der Waals surface area contributed by atoms with E-state index < -0.39 is 11.8 Å². The van der Waals surface area contributed by atoms with Gasteiger partial charge in [-0.1, -0.05) is 41.9 Å². The third-order valence-electron chi connectivity index (χ3n) is 4.34. The standard InChI is InChI=1S/C25H23ClN2O4/c1-31-15-14-27-25(30)23(28-24(29)19-10-12-20(26)13-11-19)17-18-6-5-9-22(16-18)32-21-7-3-2-4-8-21/h2-13,16-17H,14-15H2,1H3,(H,27,30)(H,28,29). The highest BCUT2D eigenvalue weighted by atomic mass is 35.5. The fourth-order valence-electron chi connectivity index (χ4n) is 2.78. The lowest BCUT2D eigenvalue weighted by Crippen LogP contribution is -2.36. The van der Waals surface area contributed by atoms with Crippen molar-refractivity contribution in [3.05, 3.63) is 101 Å². The Morgan fingerprint density at radius 2 is 1.66 bits per heavy atom. The first kappa shape index (κ1) is 23.1. The highest BCUT2D eigenvalue weighted by Gasteiger charge is 2.15. The van der Waals surface area contributed by atoms with Crippen molar-refractivity contribution >= 4 is 29.5 Å². The third kappa shape index (κ3) is 6.97. The molecule has 0 radical (unpaired) electrons. The summed E-state index contributed by atoms with van der Waals surface area (Å²) in [5.41, 5.74) is 1.16. The summed E-state index contributed by atoms with van der Waals surface area (Å²) in [6.45, 7) is 0.658. The van der Waals surface area contributed by atoms with E-state index in [0.29, 0.717) is 40.8 Å². The third-order valence-corrected chi connectivity index (χ3v) is 4.59. The van der Waals surface area contributed by atoms with Crippen molar-refractivity contribution in [2.45, 2.75) is 0 Å². The molecule has 3 rings (SSSR count). The number of rotatable bonds is 9. The zero-order valence-electron chi connectivity index (χ0n) is 17.5. The van der Waals surface area contributed by atoms with E-state index >= 15 is 0 Å². The van der Waals surface area contributed by atoms with Gasteiger partial charge in [0.1, 0.15) is 17.2 Å². The van der Waals surface area contributed by atoms with Gasteiger partial charge in [-0.15, -0.1) is 0 Å². The molecular weight excluding hydrogens is 428 g/mol. The van der Waals surface area contributed by atoms with Crippen LogP contribution in [0.15, 0.2) is 84.6 Å². The summed E-state index contributed by atoms with van der Waals surface area (Å²) in [4.78, 5) is 25.4. The van der Waals surface area contributed by atoms with Crippen LogP contribution in [0.25, 0.3) is 6.08 Å². The van der Waals surface area contributed by atoms with Crippen LogP contribution in [0.4, 0.5) is 0 Å². The van der Waals surface area contributed by atoms with Crippen LogP contribution in [0.5, 0.6) is 11.5 Å². The molecule has 0 aromatic heterocycles. The highest BCUT2D eigenvalue weighted by Crippen LogP contribution is 2.22. The monoisotopic (exact) mass is 450 g/mol. The van der Waals surface area contributed by atoms with E-state index in [4.69, 9.17) is 21.1 Å². The minimum atomic E-state index is -0.432. The van der Waals surface area contributed by atoms with Crippen LogP contribution in [0, 0.1) is 0 Å². The number of methoxy groups -OCH3 is 1. The highest BCUT2D eigenvalue weighted by molar-refractivity contribution is 6.30. The number of halogens is 1. The van der Waals surface area contributed by atoms with Crippen molar-refractivity contribution in [1.82, 2.24) is 10.6 Å². The molecule has 3 aromatic carbocycles. The number of hydrogen-bond donors (Lipinski definition) is 2. The molecule has 0 spiro atoms. The summed E-state index contributed by atoms with van der Waals surface area (Å²) in [5, 5.41) is 5.93. The summed E-state index contributed by atoms with van der Waals surface area (Å²) in [5.74, 6) is 0.445. The fraction of sp³-hybridized carbons (Fsp3) is 0.120. The second-order valence-electron chi connectivity index (χ2n) is 6.76. The van der Waals surface area contributed by atoms with Crippen molar-refractivity contribution in [1.29, 1.82) is 0 Å². The van der Waals surface area contributed by atoms with Crippen molar-refractivity contribution in [2.75, 3.05) is 20.3 Å². The van der Waals surface area contributed by atoms with Gasteiger partial charge in [-0.2, -0.15) is 0 Å². The molecular formula is C25H23ClN2O4. The molecule has 0 aliphatic heterocycles. The van der Waals surface area contributed by atoms with E-state index in [1.54, 1.807) is 43.5 Å². The number of nitrogens with one attached hydrogen (secondary N) is 2. The predicted molar refractivity (Wildman–Crippen MR) is 125 cm³/mol. The molecule has 3 aromatic rings. The predicted octanol–water partition coefficient (Wildman–Crippen LogP) is 4.67. The molecule has 0 fully saturated rings. The lowest BCUT2D eigenvalue weighted by molar-refractivity contribution is -0.117. The molecule has 0 saturated carbocycles. The molecule has 164 valence electrons. The minimum absolute atomic E-state index is 0.0953. The molecule has 0 aliphatic rings. The van der Waals surface area contributed by atoms with Crippen LogP contribution in [-0.4, -0.2) is 32.1 Å². The molecule has 2 N–H and O–H groups in total. The van der Waals surface area contributed by atoms with Gasteiger partial charge in [-0.05, 0) is 60.2 Å². The summed E-state index contributed by atoms with van der Waals surface area (Å²) in [6, 6.07) is 23.0. The van der Waals surface area contributed by atoms with E-state index in [1.807, 2.05) is 48.5 Å². The van der Waals surface area contributed by atoms with E-state index in [0.717, 1.165) is 0 Å². The summed E-state index contributed by atoms with van der Waals surface area (Å²) >= 11 is 5.89. The Bertz CT molecular complexity index is 1080. The molecule has 6 nitrogen and oxygen atoms in total. The Hall–Kier alpha value is -3.61. The van der Waals surface area contributed by atoms with Gasteiger partial charge < -0.3 is 20.1 Å². The SMILES string of the molecule is COCCNC(=O)C(=Cc1cccc(Oc2ccccc2)c1)NC(=O)c1ccc(Cl)cc1. The number of para-hydroxylation sites is 1. The zero-order chi connectivity index (χ0) is 22.8.